The number of piperazine rings is 1. The molecule has 1 N–H and O–H groups in total. The topological polar surface area (TPSA) is 59.4 Å². The van der Waals surface area contributed by atoms with Gasteiger partial charge in [-0.15, -0.1) is 0 Å². The van der Waals surface area contributed by atoms with Gasteiger partial charge in [-0.3, -0.25) is 4.79 Å². The zero-order chi connectivity index (χ0) is 13.8. The van der Waals surface area contributed by atoms with Gasteiger partial charge < -0.3 is 15.1 Å². The van der Waals surface area contributed by atoms with Crippen molar-refractivity contribution in [3.8, 4) is 6.07 Å². The van der Waals surface area contributed by atoms with Gasteiger partial charge in [0.2, 0.25) is 5.91 Å². The summed E-state index contributed by atoms with van der Waals surface area (Å²) in [4.78, 5) is 15.5. The Hall–Kier alpha value is -2.06. The third-order valence-electron chi connectivity index (χ3n) is 3.29. The maximum absolute atomic E-state index is 11.8. The summed E-state index contributed by atoms with van der Waals surface area (Å²) in [5, 5.41) is 12.4. The number of hydrogen-bond acceptors (Lipinski definition) is 4. The van der Waals surface area contributed by atoms with Gasteiger partial charge in [-0.2, -0.15) is 5.26 Å². The molecule has 5 nitrogen and oxygen atoms in total. The van der Waals surface area contributed by atoms with E-state index >= 15 is 0 Å². The Bertz CT molecular complexity index is 489. The van der Waals surface area contributed by atoms with Crippen LogP contribution < -0.4 is 10.2 Å². The fraction of sp³-hybridized carbons (Fsp3) is 0.429. The number of nitrogens with zero attached hydrogens (tertiary/aromatic N) is 3. The van der Waals surface area contributed by atoms with E-state index < -0.39 is 6.04 Å². The first kappa shape index (κ1) is 13.4. The summed E-state index contributed by atoms with van der Waals surface area (Å²) < 4.78 is 0. The molecule has 0 radical (unpaired) electrons. The van der Waals surface area contributed by atoms with Crippen LogP contribution in [0, 0.1) is 11.3 Å². The smallest absolute Gasteiger partial charge is 0.237 e. The number of anilines is 1. The van der Waals surface area contributed by atoms with Gasteiger partial charge in [0.1, 0.15) is 6.04 Å². The second-order valence-corrected chi connectivity index (χ2v) is 4.78. The maximum atomic E-state index is 11.8. The summed E-state index contributed by atoms with van der Waals surface area (Å²) in [7, 11) is 3.94. The third kappa shape index (κ3) is 2.85. The number of nitriles is 1. The summed E-state index contributed by atoms with van der Waals surface area (Å²) in [6.07, 6.45) is 0. The highest BCUT2D eigenvalue weighted by atomic mass is 16.2. The summed E-state index contributed by atoms with van der Waals surface area (Å²) in [5.41, 5.74) is 1.94. The molecule has 1 atom stereocenters. The maximum Gasteiger partial charge on any atom is 0.237 e. The minimum absolute atomic E-state index is 0.0190. The van der Waals surface area contributed by atoms with Crippen molar-refractivity contribution >= 4 is 11.6 Å². The van der Waals surface area contributed by atoms with Gasteiger partial charge in [-0.1, -0.05) is 12.1 Å². The zero-order valence-corrected chi connectivity index (χ0v) is 11.3. The van der Waals surface area contributed by atoms with E-state index in [4.69, 9.17) is 0 Å². The number of carbonyl (C=O) groups is 1. The lowest BCUT2D eigenvalue weighted by atomic mass is 10.0. The summed E-state index contributed by atoms with van der Waals surface area (Å²) in [6, 6.07) is 9.50. The molecule has 1 unspecified atom stereocenters. The first-order valence-electron chi connectivity index (χ1n) is 6.30. The predicted octanol–water partition coefficient (Wildman–Crippen LogP) is 0.749. The average molecular weight is 258 g/mol. The molecule has 1 aromatic rings. The second-order valence-electron chi connectivity index (χ2n) is 4.78. The highest BCUT2D eigenvalue weighted by Gasteiger charge is 2.26. The van der Waals surface area contributed by atoms with Gasteiger partial charge in [-0.25, -0.2) is 0 Å². The molecule has 0 spiro atoms. The third-order valence-corrected chi connectivity index (χ3v) is 3.29. The standard InChI is InChI=1S/C14H18N4O/c1-17(2)12-5-3-11(4-6-12)13(9-15)18-8-7-16-10-14(18)19/h3-6,13,16H,7-8,10H2,1-2H3. The summed E-state index contributed by atoms with van der Waals surface area (Å²) >= 11 is 0. The molecule has 0 saturated carbocycles. The van der Waals surface area contributed by atoms with E-state index in [0.29, 0.717) is 13.1 Å². The van der Waals surface area contributed by atoms with Gasteiger partial charge in [0, 0.05) is 32.9 Å². The van der Waals surface area contributed by atoms with E-state index in [-0.39, 0.29) is 5.91 Å². The number of carbonyl (C=O) groups excluding carboxylic acids is 1. The van der Waals surface area contributed by atoms with E-state index in [1.54, 1.807) is 4.90 Å². The molecule has 1 aliphatic rings. The Kier molecular flexibility index (Phi) is 4.03. The van der Waals surface area contributed by atoms with Crippen molar-refractivity contribution in [3.05, 3.63) is 29.8 Å². The van der Waals surface area contributed by atoms with Crippen LogP contribution in [0.25, 0.3) is 0 Å². The molecular weight excluding hydrogens is 240 g/mol. The molecule has 0 aliphatic carbocycles. The predicted molar refractivity (Wildman–Crippen MR) is 73.7 cm³/mol. The number of hydrogen-bond donors (Lipinski definition) is 1. The molecule has 5 heteroatoms. The van der Waals surface area contributed by atoms with Crippen LogP contribution in [0.2, 0.25) is 0 Å². The number of benzene rings is 1. The molecule has 1 fully saturated rings. The lowest BCUT2D eigenvalue weighted by molar-refractivity contribution is -0.133. The van der Waals surface area contributed by atoms with Crippen molar-refractivity contribution < 1.29 is 4.79 Å². The molecule has 2 rings (SSSR count). The molecule has 1 saturated heterocycles. The fourth-order valence-electron chi connectivity index (χ4n) is 2.17. The monoisotopic (exact) mass is 258 g/mol. The molecule has 0 bridgehead atoms. The number of amides is 1. The molecule has 19 heavy (non-hydrogen) atoms. The van der Waals surface area contributed by atoms with E-state index in [1.807, 2.05) is 43.3 Å². The normalized spacial score (nSPS) is 16.9. The molecule has 1 heterocycles. The van der Waals surface area contributed by atoms with Crippen molar-refractivity contribution in [3.63, 3.8) is 0 Å². The van der Waals surface area contributed by atoms with Crippen LogP contribution in [0.5, 0.6) is 0 Å². The van der Waals surface area contributed by atoms with E-state index in [2.05, 4.69) is 11.4 Å². The van der Waals surface area contributed by atoms with Crippen LogP contribution in [0.4, 0.5) is 5.69 Å². The lowest BCUT2D eigenvalue weighted by Crippen LogP contribution is -2.49. The van der Waals surface area contributed by atoms with Crippen LogP contribution >= 0.6 is 0 Å². The highest BCUT2D eigenvalue weighted by Crippen LogP contribution is 2.23. The first-order valence-corrected chi connectivity index (χ1v) is 6.30. The fourth-order valence-corrected chi connectivity index (χ4v) is 2.17. The Morgan fingerprint density at radius 2 is 2.05 bits per heavy atom. The quantitative estimate of drug-likeness (QED) is 0.869. The lowest BCUT2D eigenvalue weighted by Gasteiger charge is -2.31. The number of rotatable bonds is 3. The van der Waals surface area contributed by atoms with Crippen LogP contribution in [-0.2, 0) is 4.79 Å². The summed E-state index contributed by atoms with van der Waals surface area (Å²) in [6.45, 7) is 1.63. The van der Waals surface area contributed by atoms with Gasteiger partial charge in [0.05, 0.1) is 12.6 Å². The van der Waals surface area contributed by atoms with Crippen LogP contribution in [-0.4, -0.2) is 44.5 Å². The molecule has 1 amide bonds. The Morgan fingerprint density at radius 3 is 2.58 bits per heavy atom. The molecular formula is C14H18N4O. The van der Waals surface area contributed by atoms with Crippen molar-refractivity contribution in [1.82, 2.24) is 10.2 Å². The second kappa shape index (κ2) is 5.72. The van der Waals surface area contributed by atoms with Crippen LogP contribution in [0.1, 0.15) is 11.6 Å². The molecule has 1 aliphatic heterocycles. The number of nitrogens with one attached hydrogen (secondary N) is 1. The van der Waals surface area contributed by atoms with Gasteiger partial charge in [0.25, 0.3) is 0 Å². The first-order chi connectivity index (χ1) is 9.13. The SMILES string of the molecule is CN(C)c1ccc(C(C#N)N2CCNCC2=O)cc1. The van der Waals surface area contributed by atoms with Crippen LogP contribution in [0.3, 0.4) is 0 Å². The average Bonchev–Trinajstić information content (AvgIpc) is 2.42. The van der Waals surface area contributed by atoms with Gasteiger partial charge in [0.15, 0.2) is 0 Å². The van der Waals surface area contributed by atoms with E-state index in [9.17, 15) is 10.1 Å². The van der Waals surface area contributed by atoms with Gasteiger partial charge in [-0.05, 0) is 17.7 Å². The van der Waals surface area contributed by atoms with Gasteiger partial charge >= 0.3 is 0 Å². The zero-order valence-electron chi connectivity index (χ0n) is 11.3. The molecule has 1 aromatic carbocycles. The molecule has 100 valence electrons. The Labute approximate surface area is 113 Å². The van der Waals surface area contributed by atoms with E-state index in [0.717, 1.165) is 17.8 Å². The van der Waals surface area contributed by atoms with Crippen molar-refractivity contribution in [2.24, 2.45) is 0 Å². The van der Waals surface area contributed by atoms with Crippen molar-refractivity contribution in [2.45, 2.75) is 6.04 Å². The van der Waals surface area contributed by atoms with Crippen molar-refractivity contribution in [1.29, 1.82) is 5.26 Å². The molecule has 0 aromatic heterocycles. The minimum Gasteiger partial charge on any atom is -0.378 e. The van der Waals surface area contributed by atoms with Crippen molar-refractivity contribution in [2.75, 3.05) is 38.6 Å². The largest absolute Gasteiger partial charge is 0.378 e. The minimum atomic E-state index is -0.495. The Balaban J connectivity index is 2.22. The highest BCUT2D eigenvalue weighted by molar-refractivity contribution is 5.80. The summed E-state index contributed by atoms with van der Waals surface area (Å²) in [5.74, 6) is -0.0190. The van der Waals surface area contributed by atoms with Crippen LogP contribution in [0.15, 0.2) is 24.3 Å². The Morgan fingerprint density at radius 1 is 1.37 bits per heavy atom. The van der Waals surface area contributed by atoms with E-state index in [1.165, 1.54) is 0 Å².